The molecule has 2 aromatic carbocycles. The summed E-state index contributed by atoms with van der Waals surface area (Å²) in [5.74, 6) is 0.906. The first kappa shape index (κ1) is 21.0. The molecule has 1 aliphatic rings. The van der Waals surface area contributed by atoms with Gasteiger partial charge in [0.2, 0.25) is 5.91 Å². The normalized spacial score (nSPS) is 14.4. The van der Waals surface area contributed by atoms with Crippen molar-refractivity contribution in [2.45, 2.75) is 26.7 Å². The summed E-state index contributed by atoms with van der Waals surface area (Å²) in [6.45, 7) is 5.13. The average molecular weight is 417 g/mol. The van der Waals surface area contributed by atoms with Crippen LogP contribution in [0.3, 0.4) is 0 Å². The Kier molecular flexibility index (Phi) is 6.99. The number of carbonyl (C=O) groups excluding carboxylic acids is 2. The second kappa shape index (κ2) is 9.65. The summed E-state index contributed by atoms with van der Waals surface area (Å²) in [5.41, 5.74) is 1.66. The van der Waals surface area contributed by atoms with Crippen molar-refractivity contribution >= 4 is 29.3 Å². The SMILES string of the molecule is CCOC(=O)N1CCC(C(=O)Nc2cc(Cl)ccc2Oc2ccc(C)cc2)CC1. The lowest BCUT2D eigenvalue weighted by molar-refractivity contribution is -0.121. The summed E-state index contributed by atoms with van der Waals surface area (Å²) in [6, 6.07) is 12.8. The summed E-state index contributed by atoms with van der Waals surface area (Å²) in [4.78, 5) is 26.2. The van der Waals surface area contributed by atoms with E-state index in [1.54, 1.807) is 30.0 Å². The Morgan fingerprint density at radius 3 is 2.48 bits per heavy atom. The third-order valence-electron chi connectivity index (χ3n) is 4.84. The number of amides is 2. The third-order valence-corrected chi connectivity index (χ3v) is 5.08. The fourth-order valence-corrected chi connectivity index (χ4v) is 3.37. The van der Waals surface area contributed by atoms with E-state index in [-0.39, 0.29) is 17.9 Å². The molecule has 0 saturated carbocycles. The van der Waals surface area contributed by atoms with E-state index < -0.39 is 0 Å². The predicted octanol–water partition coefficient (Wildman–Crippen LogP) is 5.25. The number of carbonyl (C=O) groups is 2. The second-order valence-electron chi connectivity index (χ2n) is 7.01. The van der Waals surface area contributed by atoms with Gasteiger partial charge < -0.3 is 19.7 Å². The summed E-state index contributed by atoms with van der Waals surface area (Å²) < 4.78 is 11.0. The van der Waals surface area contributed by atoms with Crippen LogP contribution >= 0.6 is 11.6 Å². The van der Waals surface area contributed by atoms with E-state index in [1.165, 1.54) is 0 Å². The highest BCUT2D eigenvalue weighted by molar-refractivity contribution is 6.31. The van der Waals surface area contributed by atoms with Gasteiger partial charge >= 0.3 is 6.09 Å². The molecule has 0 unspecified atom stereocenters. The van der Waals surface area contributed by atoms with E-state index >= 15 is 0 Å². The average Bonchev–Trinajstić information content (AvgIpc) is 2.72. The molecular formula is C22H25ClN2O4. The monoisotopic (exact) mass is 416 g/mol. The minimum absolute atomic E-state index is 0.107. The number of hydrogen-bond donors (Lipinski definition) is 1. The number of anilines is 1. The van der Waals surface area contributed by atoms with Gasteiger partial charge in [-0.3, -0.25) is 4.79 Å². The minimum atomic E-state index is -0.324. The quantitative estimate of drug-likeness (QED) is 0.722. The van der Waals surface area contributed by atoms with Crippen LogP contribution in [0.5, 0.6) is 11.5 Å². The Morgan fingerprint density at radius 1 is 1.14 bits per heavy atom. The first-order chi connectivity index (χ1) is 14.0. The van der Waals surface area contributed by atoms with E-state index in [0.717, 1.165) is 5.56 Å². The highest BCUT2D eigenvalue weighted by Crippen LogP contribution is 2.33. The Hall–Kier alpha value is -2.73. The molecule has 1 saturated heterocycles. The van der Waals surface area contributed by atoms with Crippen LogP contribution in [0.1, 0.15) is 25.3 Å². The van der Waals surface area contributed by atoms with Crippen molar-refractivity contribution in [2.24, 2.45) is 5.92 Å². The summed E-state index contributed by atoms with van der Waals surface area (Å²) in [7, 11) is 0. The number of piperidine rings is 1. The maximum atomic E-state index is 12.8. The Balaban J connectivity index is 1.65. The van der Waals surface area contributed by atoms with Crippen molar-refractivity contribution in [3.63, 3.8) is 0 Å². The number of aryl methyl sites for hydroxylation is 1. The van der Waals surface area contributed by atoms with Crippen LogP contribution in [0, 0.1) is 12.8 Å². The second-order valence-corrected chi connectivity index (χ2v) is 7.44. The number of rotatable bonds is 5. The van der Waals surface area contributed by atoms with Crippen molar-refractivity contribution in [2.75, 3.05) is 25.0 Å². The van der Waals surface area contributed by atoms with Gasteiger partial charge in [-0.25, -0.2) is 4.79 Å². The number of nitrogens with zero attached hydrogens (tertiary/aromatic N) is 1. The fraction of sp³-hybridized carbons (Fsp3) is 0.364. The number of ether oxygens (including phenoxy) is 2. The van der Waals surface area contributed by atoms with Gasteiger partial charge in [0, 0.05) is 24.0 Å². The minimum Gasteiger partial charge on any atom is -0.455 e. The fourth-order valence-electron chi connectivity index (χ4n) is 3.20. The molecule has 1 N–H and O–H groups in total. The molecule has 7 heteroatoms. The molecular weight excluding hydrogens is 392 g/mol. The molecule has 0 aliphatic carbocycles. The van der Waals surface area contributed by atoms with Crippen molar-refractivity contribution in [1.29, 1.82) is 0 Å². The van der Waals surface area contributed by atoms with E-state index in [2.05, 4.69) is 5.32 Å². The van der Waals surface area contributed by atoms with Gasteiger partial charge in [0.1, 0.15) is 5.75 Å². The van der Waals surface area contributed by atoms with E-state index in [4.69, 9.17) is 21.1 Å². The molecule has 1 aliphatic heterocycles. The van der Waals surface area contributed by atoms with Crippen LogP contribution in [0.15, 0.2) is 42.5 Å². The number of hydrogen-bond acceptors (Lipinski definition) is 4. The van der Waals surface area contributed by atoms with Crippen LogP contribution in [0.25, 0.3) is 0 Å². The molecule has 0 atom stereocenters. The summed E-state index contributed by atoms with van der Waals surface area (Å²) in [6.07, 6.45) is 0.841. The van der Waals surface area contributed by atoms with Gasteiger partial charge in [0.25, 0.3) is 0 Å². The van der Waals surface area contributed by atoms with Crippen molar-refractivity contribution < 1.29 is 19.1 Å². The molecule has 6 nitrogen and oxygen atoms in total. The lowest BCUT2D eigenvalue weighted by Gasteiger charge is -2.30. The largest absolute Gasteiger partial charge is 0.455 e. The zero-order valence-corrected chi connectivity index (χ0v) is 17.4. The van der Waals surface area contributed by atoms with Crippen LogP contribution in [0.2, 0.25) is 5.02 Å². The Morgan fingerprint density at radius 2 is 1.83 bits per heavy atom. The first-order valence-corrected chi connectivity index (χ1v) is 10.1. The van der Waals surface area contributed by atoms with Crippen LogP contribution < -0.4 is 10.1 Å². The molecule has 3 rings (SSSR count). The number of likely N-dealkylation sites (tertiary alicyclic amines) is 1. The standard InChI is InChI=1S/C22H25ClN2O4/c1-3-28-22(27)25-12-10-16(11-13-25)21(26)24-19-14-17(23)6-9-20(19)29-18-7-4-15(2)5-8-18/h4-9,14,16H,3,10-13H2,1-2H3,(H,24,26). The summed E-state index contributed by atoms with van der Waals surface area (Å²) in [5, 5.41) is 3.45. The molecule has 0 bridgehead atoms. The zero-order valence-electron chi connectivity index (χ0n) is 16.6. The number of benzene rings is 2. The van der Waals surface area contributed by atoms with Gasteiger partial charge in [-0.1, -0.05) is 29.3 Å². The lowest BCUT2D eigenvalue weighted by atomic mass is 9.96. The molecule has 0 radical (unpaired) electrons. The van der Waals surface area contributed by atoms with Gasteiger partial charge in [-0.15, -0.1) is 0 Å². The van der Waals surface area contributed by atoms with Gasteiger partial charge in [0.05, 0.1) is 12.3 Å². The molecule has 29 heavy (non-hydrogen) atoms. The number of halogens is 1. The number of nitrogens with one attached hydrogen (secondary N) is 1. The van der Waals surface area contributed by atoms with E-state index in [1.807, 2.05) is 31.2 Å². The maximum absolute atomic E-state index is 12.8. The Bertz CT molecular complexity index is 862. The molecule has 0 aromatic heterocycles. The van der Waals surface area contributed by atoms with Crippen LogP contribution in [-0.4, -0.2) is 36.6 Å². The lowest BCUT2D eigenvalue weighted by Crippen LogP contribution is -2.41. The van der Waals surface area contributed by atoms with Crippen molar-refractivity contribution in [1.82, 2.24) is 4.90 Å². The molecule has 2 aromatic rings. The molecule has 0 spiro atoms. The third kappa shape index (κ3) is 5.64. The van der Waals surface area contributed by atoms with Gasteiger partial charge in [-0.05, 0) is 57.0 Å². The highest BCUT2D eigenvalue weighted by Gasteiger charge is 2.28. The van der Waals surface area contributed by atoms with Crippen molar-refractivity contribution in [3.05, 3.63) is 53.1 Å². The van der Waals surface area contributed by atoms with Gasteiger partial charge in [-0.2, -0.15) is 0 Å². The van der Waals surface area contributed by atoms with Crippen molar-refractivity contribution in [3.8, 4) is 11.5 Å². The van der Waals surface area contributed by atoms with E-state index in [9.17, 15) is 9.59 Å². The summed E-state index contributed by atoms with van der Waals surface area (Å²) >= 11 is 6.13. The zero-order chi connectivity index (χ0) is 20.8. The van der Waals surface area contributed by atoms with Crippen LogP contribution in [0.4, 0.5) is 10.5 Å². The van der Waals surface area contributed by atoms with E-state index in [0.29, 0.717) is 54.7 Å². The molecule has 2 amide bonds. The van der Waals surface area contributed by atoms with Gasteiger partial charge in [0.15, 0.2) is 5.75 Å². The predicted molar refractivity (Wildman–Crippen MR) is 113 cm³/mol. The molecule has 1 fully saturated rings. The Labute approximate surface area is 175 Å². The molecule has 154 valence electrons. The molecule has 1 heterocycles. The topological polar surface area (TPSA) is 67.9 Å². The van der Waals surface area contributed by atoms with Crippen LogP contribution in [-0.2, 0) is 9.53 Å². The smallest absolute Gasteiger partial charge is 0.409 e. The highest BCUT2D eigenvalue weighted by atomic mass is 35.5. The first-order valence-electron chi connectivity index (χ1n) is 9.73. The maximum Gasteiger partial charge on any atom is 0.409 e.